The van der Waals surface area contributed by atoms with Gasteiger partial charge in [-0.15, -0.1) is 11.3 Å². The van der Waals surface area contributed by atoms with Crippen LogP contribution in [0.2, 0.25) is 0 Å². The highest BCUT2D eigenvalue weighted by molar-refractivity contribution is 7.58. The lowest BCUT2D eigenvalue weighted by molar-refractivity contribution is -0.116. The lowest BCUT2D eigenvalue weighted by Crippen LogP contribution is -2.28. The van der Waals surface area contributed by atoms with Crippen LogP contribution in [0.25, 0.3) is 10.2 Å². The van der Waals surface area contributed by atoms with Gasteiger partial charge in [0.25, 0.3) is 5.56 Å². The molecule has 1 amide bonds. The standard InChI is InChI=1S/C19H17N5O2S2/c25-15(21-12-6-4-7-13-17(12)23-28-22-13)9-24-10-20-18-16(19(24)26)11-5-2-1-3-8-14(11)27-18/h4,6-7,10H,1-3,5,8-9H2,(H,21,25). The van der Waals surface area contributed by atoms with Crippen molar-refractivity contribution in [2.45, 2.75) is 38.6 Å². The Hall–Kier alpha value is -2.65. The van der Waals surface area contributed by atoms with E-state index >= 15 is 0 Å². The fourth-order valence-corrected chi connectivity index (χ4v) is 5.49. The van der Waals surface area contributed by atoms with E-state index in [1.54, 1.807) is 17.4 Å². The number of benzene rings is 1. The molecule has 5 rings (SSSR count). The normalized spacial score (nSPS) is 15.0. The molecule has 0 bridgehead atoms. The molecular formula is C19H17N5O2S2. The number of rotatable bonds is 3. The number of carbonyl (C=O) groups excluding carboxylic acids is 1. The Morgan fingerprint density at radius 1 is 1.18 bits per heavy atom. The maximum atomic E-state index is 13.1. The van der Waals surface area contributed by atoms with Crippen LogP contribution in [0.1, 0.15) is 29.7 Å². The number of aromatic nitrogens is 2. The van der Waals surface area contributed by atoms with Crippen LogP contribution < -0.4 is 10.9 Å². The minimum absolute atomic E-state index is 0.0830. The fraction of sp³-hybridized carbons (Fsp3) is 0.316. The van der Waals surface area contributed by atoms with Crippen LogP contribution in [0.3, 0.4) is 0 Å². The second-order valence-corrected chi connectivity index (χ2v) is 8.52. The van der Waals surface area contributed by atoms with E-state index in [2.05, 4.69) is 19.0 Å². The quantitative estimate of drug-likeness (QED) is 0.515. The van der Waals surface area contributed by atoms with Gasteiger partial charge in [-0.2, -0.15) is 8.73 Å². The van der Waals surface area contributed by atoms with Gasteiger partial charge in [-0.1, -0.05) is 12.5 Å². The molecule has 0 spiro atoms. The molecule has 3 heterocycles. The molecule has 0 atom stereocenters. The Kier molecular flexibility index (Phi) is 4.40. The number of carbonyl (C=O) groups is 1. The van der Waals surface area contributed by atoms with Crippen molar-refractivity contribution in [3.63, 3.8) is 0 Å². The predicted octanol–water partition coefficient (Wildman–Crippen LogP) is 4.09. The summed E-state index contributed by atoms with van der Waals surface area (Å²) in [6, 6.07) is 5.45. The largest absolute Gasteiger partial charge is 0.323 e. The van der Waals surface area contributed by atoms with E-state index in [-0.39, 0.29) is 18.0 Å². The molecular weight excluding hydrogens is 394 g/mol. The molecule has 2 aliphatic rings. The molecule has 142 valence electrons. The first-order valence-electron chi connectivity index (χ1n) is 9.21. The molecule has 28 heavy (non-hydrogen) atoms. The molecule has 3 aromatic rings. The molecule has 7 nitrogen and oxygen atoms in total. The van der Waals surface area contributed by atoms with E-state index in [9.17, 15) is 9.59 Å². The smallest absolute Gasteiger partial charge is 0.262 e. The summed E-state index contributed by atoms with van der Waals surface area (Å²) in [6.45, 7) is -0.0830. The molecule has 9 heteroatoms. The summed E-state index contributed by atoms with van der Waals surface area (Å²) in [6.07, 6.45) is 6.86. The summed E-state index contributed by atoms with van der Waals surface area (Å²) in [4.78, 5) is 32.2. The lowest BCUT2D eigenvalue weighted by Gasteiger charge is -2.09. The summed E-state index contributed by atoms with van der Waals surface area (Å²) in [7, 11) is 0. The van der Waals surface area contributed by atoms with Gasteiger partial charge in [0.2, 0.25) is 5.91 Å². The van der Waals surface area contributed by atoms with Gasteiger partial charge in [-0.05, 0) is 43.4 Å². The molecule has 1 aromatic carbocycles. The molecule has 1 aliphatic heterocycles. The first-order valence-corrected chi connectivity index (χ1v) is 10.8. The third-order valence-corrected chi connectivity index (χ3v) is 6.81. The van der Waals surface area contributed by atoms with Gasteiger partial charge >= 0.3 is 0 Å². The SMILES string of the molecule is O=C(Cn1cnc2sc3c(c2c1=O)CCCCC3)Nc1cccc2c1N=S=N2. The third kappa shape index (κ3) is 3.00. The van der Waals surface area contributed by atoms with Gasteiger partial charge in [-0.25, -0.2) is 4.98 Å². The monoisotopic (exact) mass is 411 g/mol. The number of thiophene rings is 1. The Balaban J connectivity index is 1.44. The fourth-order valence-electron chi connectivity index (χ4n) is 3.72. The van der Waals surface area contributed by atoms with Crippen LogP contribution in [0.5, 0.6) is 0 Å². The molecule has 0 saturated carbocycles. The topological polar surface area (TPSA) is 88.7 Å². The maximum Gasteiger partial charge on any atom is 0.262 e. The van der Waals surface area contributed by atoms with Gasteiger partial charge < -0.3 is 5.32 Å². The Morgan fingerprint density at radius 2 is 2.07 bits per heavy atom. The van der Waals surface area contributed by atoms with E-state index in [4.69, 9.17) is 0 Å². The predicted molar refractivity (Wildman–Crippen MR) is 112 cm³/mol. The summed E-state index contributed by atoms with van der Waals surface area (Å²) in [5, 5.41) is 3.54. The van der Waals surface area contributed by atoms with E-state index in [0.717, 1.165) is 53.1 Å². The van der Waals surface area contributed by atoms with Crippen LogP contribution in [0, 0.1) is 0 Å². The molecule has 0 fully saturated rings. The number of hydrogen-bond acceptors (Lipinski definition) is 6. The first kappa shape index (κ1) is 17.4. The van der Waals surface area contributed by atoms with Gasteiger partial charge in [-0.3, -0.25) is 14.2 Å². The van der Waals surface area contributed by atoms with Crippen molar-refractivity contribution < 1.29 is 4.79 Å². The van der Waals surface area contributed by atoms with Crippen LogP contribution in [-0.4, -0.2) is 15.5 Å². The Bertz CT molecular complexity index is 1240. The lowest BCUT2D eigenvalue weighted by atomic mass is 10.1. The number of aryl methyl sites for hydroxylation is 2. The van der Waals surface area contributed by atoms with Crippen molar-refractivity contribution in [3.8, 4) is 0 Å². The van der Waals surface area contributed by atoms with Gasteiger partial charge in [0, 0.05) is 4.88 Å². The van der Waals surface area contributed by atoms with E-state index in [1.165, 1.54) is 22.2 Å². The third-order valence-electron chi connectivity index (χ3n) is 5.07. The van der Waals surface area contributed by atoms with Gasteiger partial charge in [0.1, 0.15) is 22.7 Å². The molecule has 1 aliphatic carbocycles. The molecule has 0 saturated heterocycles. The first-order chi connectivity index (χ1) is 13.7. The number of nitrogens with one attached hydrogen (secondary N) is 1. The van der Waals surface area contributed by atoms with Crippen molar-refractivity contribution in [1.29, 1.82) is 0 Å². The molecule has 1 N–H and O–H groups in total. The minimum Gasteiger partial charge on any atom is -0.323 e. The Labute approximate surface area is 168 Å². The highest BCUT2D eigenvalue weighted by Gasteiger charge is 2.20. The number of fused-ring (bicyclic) bond motifs is 4. The number of anilines is 1. The summed E-state index contributed by atoms with van der Waals surface area (Å²) >= 11 is 2.72. The Morgan fingerprint density at radius 3 is 3.00 bits per heavy atom. The van der Waals surface area contributed by atoms with Crippen molar-refractivity contribution in [3.05, 3.63) is 45.3 Å². The van der Waals surface area contributed by atoms with Crippen LogP contribution in [0.15, 0.2) is 38.0 Å². The minimum atomic E-state index is -0.287. The zero-order chi connectivity index (χ0) is 19.1. The van der Waals surface area contributed by atoms with E-state index < -0.39 is 0 Å². The summed E-state index contributed by atoms with van der Waals surface area (Å²) in [5.74, 6) is -0.287. The van der Waals surface area contributed by atoms with Gasteiger partial charge in [0.05, 0.1) is 28.8 Å². The van der Waals surface area contributed by atoms with E-state index in [1.807, 2.05) is 12.1 Å². The van der Waals surface area contributed by atoms with Crippen molar-refractivity contribution in [2.75, 3.05) is 5.32 Å². The van der Waals surface area contributed by atoms with Crippen LogP contribution in [-0.2, 0) is 35.5 Å². The second-order valence-electron chi connectivity index (χ2n) is 6.91. The van der Waals surface area contributed by atoms with E-state index in [0.29, 0.717) is 16.8 Å². The molecule has 2 aromatic heterocycles. The second kappa shape index (κ2) is 7.06. The summed E-state index contributed by atoms with van der Waals surface area (Å²) in [5.41, 5.74) is 3.01. The maximum absolute atomic E-state index is 13.1. The molecule has 0 unspecified atom stereocenters. The zero-order valence-electron chi connectivity index (χ0n) is 15.0. The average molecular weight is 412 g/mol. The average Bonchev–Trinajstić information content (AvgIpc) is 3.24. The number of nitrogens with zero attached hydrogens (tertiary/aromatic N) is 4. The number of hydrogen-bond donors (Lipinski definition) is 1. The zero-order valence-corrected chi connectivity index (χ0v) is 16.6. The number of amides is 1. The van der Waals surface area contributed by atoms with Crippen LogP contribution in [0.4, 0.5) is 17.1 Å². The highest BCUT2D eigenvalue weighted by atomic mass is 32.1. The summed E-state index contributed by atoms with van der Waals surface area (Å²) < 4.78 is 9.80. The van der Waals surface area contributed by atoms with Gasteiger partial charge in [0.15, 0.2) is 0 Å². The molecule has 0 radical (unpaired) electrons. The highest BCUT2D eigenvalue weighted by Crippen LogP contribution is 2.38. The van der Waals surface area contributed by atoms with Crippen molar-refractivity contribution >= 4 is 55.9 Å². The van der Waals surface area contributed by atoms with Crippen LogP contribution >= 0.6 is 11.3 Å². The van der Waals surface area contributed by atoms with Crippen molar-refractivity contribution in [2.24, 2.45) is 8.73 Å². The van der Waals surface area contributed by atoms with Crippen molar-refractivity contribution in [1.82, 2.24) is 9.55 Å².